The van der Waals surface area contributed by atoms with E-state index in [2.05, 4.69) is 24.5 Å². The molecule has 0 aliphatic carbocycles. The summed E-state index contributed by atoms with van der Waals surface area (Å²) >= 11 is 0. The van der Waals surface area contributed by atoms with Gasteiger partial charge in [-0.05, 0) is 61.6 Å². The molecule has 1 fully saturated rings. The van der Waals surface area contributed by atoms with Crippen molar-refractivity contribution in [2.75, 3.05) is 37.0 Å². The first-order chi connectivity index (χ1) is 14.6. The van der Waals surface area contributed by atoms with E-state index >= 15 is 0 Å². The smallest absolute Gasteiger partial charge is 0.243 e. The number of benzene rings is 2. The maximum Gasteiger partial charge on any atom is 0.243 e. The number of amides is 1. The summed E-state index contributed by atoms with van der Waals surface area (Å²) in [5.41, 5.74) is 1.53. The molecule has 1 saturated heterocycles. The lowest BCUT2D eigenvalue weighted by atomic mass is 10.1. The van der Waals surface area contributed by atoms with Crippen LogP contribution in [0.15, 0.2) is 48.5 Å². The van der Waals surface area contributed by atoms with Gasteiger partial charge in [-0.3, -0.25) is 4.79 Å². The standard InChI is InChI=1S/C24H32N2O4/c1-18(2)13-15-29-20-11-9-19(10-12-20)26-24(27)16-25-22-7-3-4-8-23(22)30-17-21-6-5-14-28-21/h3-4,7-12,18,21,25H,5-6,13-17H2,1-2H3,(H,26,27). The monoisotopic (exact) mass is 412 g/mol. The van der Waals surface area contributed by atoms with E-state index in [1.54, 1.807) is 0 Å². The van der Waals surface area contributed by atoms with E-state index in [0.29, 0.717) is 19.1 Å². The van der Waals surface area contributed by atoms with Crippen molar-refractivity contribution in [3.8, 4) is 11.5 Å². The summed E-state index contributed by atoms with van der Waals surface area (Å²) in [6, 6.07) is 15.1. The lowest BCUT2D eigenvalue weighted by molar-refractivity contribution is -0.114. The Hall–Kier alpha value is -2.73. The third-order valence-corrected chi connectivity index (χ3v) is 4.88. The Kier molecular flexibility index (Phi) is 8.39. The lowest BCUT2D eigenvalue weighted by Crippen LogP contribution is -2.22. The molecule has 0 aromatic heterocycles. The van der Waals surface area contributed by atoms with Gasteiger partial charge in [-0.1, -0.05) is 26.0 Å². The Morgan fingerprint density at radius 3 is 2.67 bits per heavy atom. The van der Waals surface area contributed by atoms with Crippen LogP contribution in [0.2, 0.25) is 0 Å². The van der Waals surface area contributed by atoms with Gasteiger partial charge in [0, 0.05) is 12.3 Å². The molecule has 6 heteroatoms. The van der Waals surface area contributed by atoms with Crippen molar-refractivity contribution in [3.63, 3.8) is 0 Å². The Morgan fingerprint density at radius 1 is 1.13 bits per heavy atom. The summed E-state index contributed by atoms with van der Waals surface area (Å²) in [7, 11) is 0. The minimum absolute atomic E-state index is 0.127. The molecule has 1 aliphatic rings. The van der Waals surface area contributed by atoms with Crippen LogP contribution in [0, 0.1) is 5.92 Å². The zero-order valence-corrected chi connectivity index (χ0v) is 17.9. The molecule has 2 aromatic rings. The number of hydrogen-bond donors (Lipinski definition) is 2. The summed E-state index contributed by atoms with van der Waals surface area (Å²) < 4.78 is 17.2. The van der Waals surface area contributed by atoms with Gasteiger partial charge < -0.3 is 24.8 Å². The van der Waals surface area contributed by atoms with Gasteiger partial charge in [0.15, 0.2) is 0 Å². The normalized spacial score (nSPS) is 15.8. The molecular formula is C24H32N2O4. The molecule has 0 spiro atoms. The minimum atomic E-state index is -0.127. The quantitative estimate of drug-likeness (QED) is 0.559. The van der Waals surface area contributed by atoms with E-state index in [1.807, 2.05) is 48.5 Å². The van der Waals surface area contributed by atoms with Crippen molar-refractivity contribution >= 4 is 17.3 Å². The first-order valence-corrected chi connectivity index (χ1v) is 10.7. The summed E-state index contributed by atoms with van der Waals surface area (Å²) in [4.78, 5) is 12.3. The Labute approximate surface area is 178 Å². The SMILES string of the molecule is CC(C)CCOc1ccc(NC(=O)CNc2ccccc2OCC2CCCO2)cc1. The highest BCUT2D eigenvalue weighted by Crippen LogP contribution is 2.25. The lowest BCUT2D eigenvalue weighted by Gasteiger charge is -2.15. The van der Waals surface area contributed by atoms with E-state index < -0.39 is 0 Å². The van der Waals surface area contributed by atoms with Crippen LogP contribution in [-0.4, -0.2) is 38.4 Å². The molecule has 162 valence electrons. The maximum atomic E-state index is 12.3. The van der Waals surface area contributed by atoms with Gasteiger partial charge in [0.05, 0.1) is 24.9 Å². The van der Waals surface area contributed by atoms with Crippen molar-refractivity contribution < 1.29 is 19.0 Å². The topological polar surface area (TPSA) is 68.8 Å². The predicted molar refractivity (Wildman–Crippen MR) is 119 cm³/mol. The summed E-state index contributed by atoms with van der Waals surface area (Å²) in [6.45, 7) is 6.51. The summed E-state index contributed by atoms with van der Waals surface area (Å²) in [5.74, 6) is 2.02. The summed E-state index contributed by atoms with van der Waals surface area (Å²) in [5, 5.41) is 6.05. The van der Waals surface area contributed by atoms with Crippen molar-refractivity contribution in [1.82, 2.24) is 0 Å². The second kappa shape index (κ2) is 11.5. The van der Waals surface area contributed by atoms with Crippen molar-refractivity contribution in [1.29, 1.82) is 0 Å². The largest absolute Gasteiger partial charge is 0.494 e. The van der Waals surface area contributed by atoms with Crippen LogP contribution in [0.4, 0.5) is 11.4 Å². The van der Waals surface area contributed by atoms with Crippen LogP contribution >= 0.6 is 0 Å². The molecule has 2 aromatic carbocycles. The Morgan fingerprint density at radius 2 is 1.93 bits per heavy atom. The molecule has 30 heavy (non-hydrogen) atoms. The van der Waals surface area contributed by atoms with Crippen LogP contribution in [0.3, 0.4) is 0 Å². The predicted octanol–water partition coefficient (Wildman–Crippen LogP) is 4.72. The average Bonchev–Trinajstić information content (AvgIpc) is 3.26. The van der Waals surface area contributed by atoms with Crippen molar-refractivity contribution in [3.05, 3.63) is 48.5 Å². The first kappa shape index (κ1) is 22.0. The molecule has 1 heterocycles. The van der Waals surface area contributed by atoms with E-state index in [4.69, 9.17) is 14.2 Å². The molecule has 1 amide bonds. The molecule has 0 saturated carbocycles. The summed E-state index contributed by atoms with van der Waals surface area (Å²) in [6.07, 6.45) is 3.28. The van der Waals surface area contributed by atoms with Gasteiger partial charge in [0.1, 0.15) is 18.1 Å². The van der Waals surface area contributed by atoms with E-state index in [-0.39, 0.29) is 18.6 Å². The number of para-hydroxylation sites is 2. The third kappa shape index (κ3) is 7.26. The number of nitrogens with one attached hydrogen (secondary N) is 2. The molecule has 3 rings (SSSR count). The highest BCUT2D eigenvalue weighted by molar-refractivity contribution is 5.94. The maximum absolute atomic E-state index is 12.3. The molecular weight excluding hydrogens is 380 g/mol. The van der Waals surface area contributed by atoms with Gasteiger partial charge >= 0.3 is 0 Å². The second-order valence-corrected chi connectivity index (χ2v) is 7.90. The molecule has 1 aliphatic heterocycles. The number of hydrogen-bond acceptors (Lipinski definition) is 5. The van der Waals surface area contributed by atoms with Gasteiger partial charge in [0.25, 0.3) is 0 Å². The number of carbonyl (C=O) groups is 1. The number of ether oxygens (including phenoxy) is 3. The van der Waals surface area contributed by atoms with Crippen LogP contribution in [0.1, 0.15) is 33.1 Å². The molecule has 1 unspecified atom stereocenters. The van der Waals surface area contributed by atoms with Crippen molar-refractivity contribution in [2.45, 2.75) is 39.2 Å². The number of rotatable bonds is 11. The first-order valence-electron chi connectivity index (χ1n) is 10.7. The van der Waals surface area contributed by atoms with Crippen LogP contribution in [-0.2, 0) is 9.53 Å². The zero-order chi connectivity index (χ0) is 21.2. The molecule has 2 N–H and O–H groups in total. The van der Waals surface area contributed by atoms with E-state index in [1.165, 1.54) is 0 Å². The number of carbonyl (C=O) groups excluding carboxylic acids is 1. The van der Waals surface area contributed by atoms with Gasteiger partial charge in [-0.25, -0.2) is 0 Å². The fourth-order valence-electron chi connectivity index (χ4n) is 3.12. The number of anilines is 2. The Bertz CT molecular complexity index is 786. The molecule has 0 radical (unpaired) electrons. The van der Waals surface area contributed by atoms with E-state index in [0.717, 1.165) is 48.7 Å². The Balaban J connectivity index is 1.44. The highest BCUT2D eigenvalue weighted by Gasteiger charge is 2.16. The highest BCUT2D eigenvalue weighted by atomic mass is 16.5. The molecule has 0 bridgehead atoms. The molecule has 1 atom stereocenters. The van der Waals surface area contributed by atoms with Crippen molar-refractivity contribution in [2.24, 2.45) is 5.92 Å². The second-order valence-electron chi connectivity index (χ2n) is 7.90. The van der Waals surface area contributed by atoms with Crippen LogP contribution < -0.4 is 20.1 Å². The van der Waals surface area contributed by atoms with Gasteiger partial charge in [0.2, 0.25) is 5.91 Å². The zero-order valence-electron chi connectivity index (χ0n) is 17.9. The minimum Gasteiger partial charge on any atom is -0.494 e. The van der Waals surface area contributed by atoms with Crippen LogP contribution in [0.5, 0.6) is 11.5 Å². The molecule has 6 nitrogen and oxygen atoms in total. The third-order valence-electron chi connectivity index (χ3n) is 4.88. The van der Waals surface area contributed by atoms with Gasteiger partial charge in [-0.15, -0.1) is 0 Å². The van der Waals surface area contributed by atoms with Crippen LogP contribution in [0.25, 0.3) is 0 Å². The fraction of sp³-hybridized carbons (Fsp3) is 0.458. The van der Waals surface area contributed by atoms with Gasteiger partial charge in [-0.2, -0.15) is 0 Å². The fourth-order valence-corrected chi connectivity index (χ4v) is 3.12. The average molecular weight is 413 g/mol. The van der Waals surface area contributed by atoms with E-state index in [9.17, 15) is 4.79 Å².